The van der Waals surface area contributed by atoms with Crippen LogP contribution in [0.2, 0.25) is 0 Å². The number of aliphatic hydroxyl groups is 1. The van der Waals surface area contributed by atoms with E-state index in [9.17, 15) is 0 Å². The van der Waals surface area contributed by atoms with E-state index in [1.54, 1.807) is 0 Å². The third kappa shape index (κ3) is 1.40. The Balaban J connectivity index is 2.63. The Kier molecular flexibility index (Phi) is 1.69. The largest absolute Gasteiger partial charge is 0.394 e. The molecule has 0 aliphatic heterocycles. The maximum absolute atomic E-state index is 8.74. The molecule has 2 nitrogen and oxygen atoms in total. The van der Waals surface area contributed by atoms with Crippen LogP contribution in [0.3, 0.4) is 0 Å². The van der Waals surface area contributed by atoms with E-state index < -0.39 is 5.54 Å². The monoisotopic (exact) mass is 125 g/mol. The molecule has 1 aliphatic carbocycles. The fourth-order valence-corrected chi connectivity index (χ4v) is 0.799. The van der Waals surface area contributed by atoms with E-state index >= 15 is 0 Å². The summed E-state index contributed by atoms with van der Waals surface area (Å²) in [7, 11) is 0. The summed E-state index contributed by atoms with van der Waals surface area (Å²) in [6.07, 6.45) is 8.31. The van der Waals surface area contributed by atoms with Gasteiger partial charge in [0.25, 0.3) is 0 Å². The van der Waals surface area contributed by atoms with Crippen LogP contribution in [0.4, 0.5) is 0 Å². The van der Waals surface area contributed by atoms with Gasteiger partial charge in [-0.05, 0) is 6.42 Å². The Morgan fingerprint density at radius 2 is 2.33 bits per heavy atom. The molecule has 0 spiro atoms. The average Bonchev–Trinajstić information content (AvgIpc) is 1.90. The van der Waals surface area contributed by atoms with Gasteiger partial charge in [-0.2, -0.15) is 0 Å². The van der Waals surface area contributed by atoms with Gasteiger partial charge >= 0.3 is 0 Å². The standard InChI is InChI=1S/C7H11NO/c8-7(6-9)4-2-1-3-5-7/h1-4,9H,5-6,8H2. The molecule has 0 aromatic carbocycles. The van der Waals surface area contributed by atoms with Crippen molar-refractivity contribution in [1.29, 1.82) is 0 Å². The average molecular weight is 125 g/mol. The lowest BCUT2D eigenvalue weighted by Gasteiger charge is -2.22. The topological polar surface area (TPSA) is 46.2 Å². The fraction of sp³-hybridized carbons (Fsp3) is 0.429. The van der Waals surface area contributed by atoms with Crippen LogP contribution in [-0.2, 0) is 0 Å². The minimum Gasteiger partial charge on any atom is -0.394 e. The molecule has 1 aliphatic rings. The van der Waals surface area contributed by atoms with Gasteiger partial charge in [0, 0.05) is 0 Å². The summed E-state index contributed by atoms with van der Waals surface area (Å²) in [6, 6.07) is 0. The molecular weight excluding hydrogens is 114 g/mol. The zero-order valence-electron chi connectivity index (χ0n) is 5.25. The van der Waals surface area contributed by atoms with Crippen LogP contribution < -0.4 is 5.73 Å². The first-order valence-electron chi connectivity index (χ1n) is 3.01. The van der Waals surface area contributed by atoms with Gasteiger partial charge in [-0.15, -0.1) is 0 Å². The molecule has 1 atom stereocenters. The lowest BCUT2D eigenvalue weighted by atomic mass is 9.94. The Morgan fingerprint density at radius 1 is 1.56 bits per heavy atom. The highest BCUT2D eigenvalue weighted by Crippen LogP contribution is 2.12. The van der Waals surface area contributed by atoms with Crippen LogP contribution in [0.1, 0.15) is 6.42 Å². The van der Waals surface area contributed by atoms with Gasteiger partial charge in [0.15, 0.2) is 0 Å². The molecule has 0 saturated carbocycles. The molecule has 0 aromatic heterocycles. The quantitative estimate of drug-likeness (QED) is 0.525. The molecule has 9 heavy (non-hydrogen) atoms. The van der Waals surface area contributed by atoms with Gasteiger partial charge in [0.05, 0.1) is 12.1 Å². The molecule has 0 heterocycles. The highest BCUT2D eigenvalue weighted by Gasteiger charge is 2.19. The van der Waals surface area contributed by atoms with E-state index in [1.165, 1.54) is 0 Å². The zero-order chi connectivity index (χ0) is 6.74. The second-order valence-electron chi connectivity index (χ2n) is 2.38. The second-order valence-corrected chi connectivity index (χ2v) is 2.38. The molecule has 3 N–H and O–H groups in total. The van der Waals surface area contributed by atoms with E-state index in [0.29, 0.717) is 0 Å². The minimum absolute atomic E-state index is 0.0217. The van der Waals surface area contributed by atoms with Crippen molar-refractivity contribution in [3.63, 3.8) is 0 Å². The highest BCUT2D eigenvalue weighted by molar-refractivity contribution is 5.19. The molecule has 1 rings (SSSR count). The van der Waals surface area contributed by atoms with Gasteiger partial charge in [0.2, 0.25) is 0 Å². The van der Waals surface area contributed by atoms with Crippen molar-refractivity contribution in [2.24, 2.45) is 5.73 Å². The molecule has 50 valence electrons. The summed E-state index contributed by atoms with van der Waals surface area (Å²) >= 11 is 0. The molecule has 0 bridgehead atoms. The molecule has 0 radical (unpaired) electrons. The first-order valence-corrected chi connectivity index (χ1v) is 3.01. The van der Waals surface area contributed by atoms with Gasteiger partial charge in [-0.1, -0.05) is 24.3 Å². The number of nitrogens with two attached hydrogens (primary N) is 1. The van der Waals surface area contributed by atoms with Crippen molar-refractivity contribution >= 4 is 0 Å². The SMILES string of the molecule is NC1(CO)C=CC=CC1. The van der Waals surface area contributed by atoms with E-state index in [1.807, 2.05) is 24.3 Å². The van der Waals surface area contributed by atoms with E-state index in [-0.39, 0.29) is 6.61 Å². The Bertz CT molecular complexity index is 151. The van der Waals surface area contributed by atoms with Crippen molar-refractivity contribution < 1.29 is 5.11 Å². The summed E-state index contributed by atoms with van der Waals surface area (Å²) < 4.78 is 0. The maximum Gasteiger partial charge on any atom is 0.0650 e. The third-order valence-corrected chi connectivity index (χ3v) is 1.47. The zero-order valence-corrected chi connectivity index (χ0v) is 5.25. The summed E-state index contributed by atoms with van der Waals surface area (Å²) in [5.74, 6) is 0. The summed E-state index contributed by atoms with van der Waals surface area (Å²) in [4.78, 5) is 0. The molecule has 0 fully saturated rings. The number of aliphatic hydroxyl groups excluding tert-OH is 1. The smallest absolute Gasteiger partial charge is 0.0650 e. The normalized spacial score (nSPS) is 33.1. The first-order chi connectivity index (χ1) is 4.27. The molecule has 0 aromatic rings. The number of hydrogen-bond donors (Lipinski definition) is 2. The van der Waals surface area contributed by atoms with Crippen molar-refractivity contribution in [3.8, 4) is 0 Å². The van der Waals surface area contributed by atoms with E-state index in [0.717, 1.165) is 6.42 Å². The fourth-order valence-electron chi connectivity index (χ4n) is 0.799. The summed E-state index contributed by atoms with van der Waals surface area (Å²) in [5.41, 5.74) is 5.18. The van der Waals surface area contributed by atoms with Gasteiger partial charge in [-0.3, -0.25) is 0 Å². The van der Waals surface area contributed by atoms with Crippen LogP contribution in [0.25, 0.3) is 0 Å². The van der Waals surface area contributed by atoms with E-state index in [2.05, 4.69) is 0 Å². The van der Waals surface area contributed by atoms with Crippen LogP contribution in [0.15, 0.2) is 24.3 Å². The molecule has 2 heteroatoms. The van der Waals surface area contributed by atoms with Crippen molar-refractivity contribution in [2.45, 2.75) is 12.0 Å². The summed E-state index contributed by atoms with van der Waals surface area (Å²) in [5, 5.41) is 8.74. The molecule has 1 unspecified atom stereocenters. The lowest BCUT2D eigenvalue weighted by molar-refractivity contribution is 0.227. The number of hydrogen-bond acceptors (Lipinski definition) is 2. The summed E-state index contributed by atoms with van der Waals surface area (Å²) in [6.45, 7) is 0.0217. The Hall–Kier alpha value is -0.600. The predicted octanol–water partition coefficient (Wildman–Crippen LogP) is 0.192. The predicted molar refractivity (Wildman–Crippen MR) is 36.9 cm³/mol. The van der Waals surface area contributed by atoms with Gasteiger partial charge in [-0.25, -0.2) is 0 Å². The molecule has 0 amide bonds. The highest BCUT2D eigenvalue weighted by atomic mass is 16.3. The van der Waals surface area contributed by atoms with Crippen LogP contribution >= 0.6 is 0 Å². The van der Waals surface area contributed by atoms with Crippen LogP contribution in [0.5, 0.6) is 0 Å². The molecule has 0 saturated heterocycles. The van der Waals surface area contributed by atoms with Crippen molar-refractivity contribution in [3.05, 3.63) is 24.3 Å². The van der Waals surface area contributed by atoms with Crippen molar-refractivity contribution in [2.75, 3.05) is 6.61 Å². The van der Waals surface area contributed by atoms with Crippen LogP contribution in [0, 0.1) is 0 Å². The number of rotatable bonds is 1. The van der Waals surface area contributed by atoms with Crippen LogP contribution in [-0.4, -0.2) is 17.3 Å². The molecular formula is C7H11NO. The Morgan fingerprint density at radius 3 is 2.67 bits per heavy atom. The van der Waals surface area contributed by atoms with Gasteiger partial charge < -0.3 is 10.8 Å². The Labute approximate surface area is 54.7 Å². The second kappa shape index (κ2) is 2.33. The third-order valence-electron chi connectivity index (χ3n) is 1.47. The first kappa shape index (κ1) is 6.52. The minimum atomic E-state index is -0.491. The van der Waals surface area contributed by atoms with Crippen molar-refractivity contribution in [1.82, 2.24) is 0 Å². The van der Waals surface area contributed by atoms with E-state index in [4.69, 9.17) is 10.8 Å². The van der Waals surface area contributed by atoms with Gasteiger partial charge in [0.1, 0.15) is 0 Å². The maximum atomic E-state index is 8.74. The number of allylic oxidation sites excluding steroid dienone is 2. The lowest BCUT2D eigenvalue weighted by Crippen LogP contribution is -2.41.